The van der Waals surface area contributed by atoms with Crippen molar-refractivity contribution in [1.82, 2.24) is 10.2 Å². The summed E-state index contributed by atoms with van der Waals surface area (Å²) >= 11 is 0. The second-order valence-electron chi connectivity index (χ2n) is 6.13. The maximum atomic E-state index is 9.95. The molecule has 2 heterocycles. The number of fused-ring (bicyclic) bond motifs is 1. The van der Waals surface area contributed by atoms with Gasteiger partial charge >= 0.3 is 0 Å². The Morgan fingerprint density at radius 2 is 2.05 bits per heavy atom. The Hall–Kier alpha value is -1.26. The Labute approximate surface area is 120 Å². The van der Waals surface area contributed by atoms with E-state index < -0.39 is 0 Å². The molecule has 0 saturated carbocycles. The lowest BCUT2D eigenvalue weighted by atomic mass is 9.97. The van der Waals surface area contributed by atoms with E-state index in [1.165, 1.54) is 44.8 Å². The van der Waals surface area contributed by atoms with Crippen LogP contribution in [-0.2, 0) is 0 Å². The highest BCUT2D eigenvalue weighted by Crippen LogP contribution is 2.32. The average molecular weight is 276 g/mol. The Morgan fingerprint density at radius 1 is 1.20 bits per heavy atom. The van der Waals surface area contributed by atoms with Gasteiger partial charge in [-0.25, -0.2) is 0 Å². The summed E-state index contributed by atoms with van der Waals surface area (Å²) in [4.78, 5) is 2.59. The molecule has 2 aliphatic rings. The molecule has 3 unspecified atom stereocenters. The third-order valence-electron chi connectivity index (χ3n) is 4.80. The maximum Gasteiger partial charge on any atom is 0.120 e. The number of piperidine rings is 1. The minimum Gasteiger partial charge on any atom is -0.508 e. The molecule has 3 rings (SSSR count). The van der Waals surface area contributed by atoms with E-state index in [2.05, 4.69) is 17.1 Å². The van der Waals surface area contributed by atoms with Crippen molar-refractivity contribution in [3.63, 3.8) is 0 Å². The van der Waals surface area contributed by atoms with E-state index >= 15 is 0 Å². The summed E-state index contributed by atoms with van der Waals surface area (Å²) in [6.45, 7) is 4.47. The first-order chi connectivity index (χ1) is 9.65. The normalized spacial score (nSPS) is 28.2. The van der Waals surface area contributed by atoms with Gasteiger partial charge in [0.05, 0.1) is 0 Å². The molecular formula is C16H24N2O2. The van der Waals surface area contributed by atoms with Crippen molar-refractivity contribution >= 4 is 0 Å². The number of phenolic OH excluding ortho intramolecular Hbond substituents is 2. The van der Waals surface area contributed by atoms with Gasteiger partial charge in [0.1, 0.15) is 11.5 Å². The van der Waals surface area contributed by atoms with Crippen molar-refractivity contribution in [3.8, 4) is 11.5 Å². The summed E-state index contributed by atoms with van der Waals surface area (Å²) in [6.07, 6.45) is 5.10. The van der Waals surface area contributed by atoms with Crippen LogP contribution in [-0.4, -0.2) is 40.3 Å². The third kappa shape index (κ3) is 2.63. The SMILES string of the molecule is CC(NC1CCN2CCCCC12)c1cc(O)ccc1O. The van der Waals surface area contributed by atoms with E-state index in [0.717, 1.165) is 5.56 Å². The Balaban J connectivity index is 1.69. The Morgan fingerprint density at radius 3 is 2.90 bits per heavy atom. The van der Waals surface area contributed by atoms with E-state index in [9.17, 15) is 10.2 Å². The molecule has 0 radical (unpaired) electrons. The van der Waals surface area contributed by atoms with Gasteiger partial charge in [0.25, 0.3) is 0 Å². The lowest BCUT2D eigenvalue weighted by molar-refractivity contribution is 0.177. The van der Waals surface area contributed by atoms with Crippen molar-refractivity contribution < 1.29 is 10.2 Å². The van der Waals surface area contributed by atoms with Crippen LogP contribution in [0.1, 0.15) is 44.2 Å². The maximum absolute atomic E-state index is 9.95. The molecule has 20 heavy (non-hydrogen) atoms. The van der Waals surface area contributed by atoms with E-state index in [0.29, 0.717) is 12.1 Å². The highest BCUT2D eigenvalue weighted by Gasteiger charge is 2.36. The van der Waals surface area contributed by atoms with E-state index in [-0.39, 0.29) is 17.5 Å². The number of hydrogen-bond acceptors (Lipinski definition) is 4. The smallest absolute Gasteiger partial charge is 0.120 e. The number of nitrogens with one attached hydrogen (secondary N) is 1. The molecule has 2 fully saturated rings. The van der Waals surface area contributed by atoms with Crippen LogP contribution in [0.3, 0.4) is 0 Å². The molecule has 0 aromatic heterocycles. The Bertz CT molecular complexity index is 478. The second kappa shape index (κ2) is 5.62. The van der Waals surface area contributed by atoms with Crippen LogP contribution in [0.2, 0.25) is 0 Å². The van der Waals surface area contributed by atoms with Gasteiger partial charge in [-0.2, -0.15) is 0 Å². The number of benzene rings is 1. The summed E-state index contributed by atoms with van der Waals surface area (Å²) in [6, 6.07) is 5.92. The number of phenols is 2. The average Bonchev–Trinajstić information content (AvgIpc) is 2.85. The standard InChI is InChI=1S/C16H24N2O2/c1-11(13-10-12(19)5-6-16(13)20)17-14-7-9-18-8-3-2-4-15(14)18/h5-6,10-11,14-15,17,19-20H,2-4,7-9H2,1H3. The minimum atomic E-state index is 0.0500. The van der Waals surface area contributed by atoms with E-state index in [1.54, 1.807) is 12.1 Å². The van der Waals surface area contributed by atoms with Gasteiger partial charge < -0.3 is 15.5 Å². The predicted octanol–water partition coefficient (Wildman–Crippen LogP) is 2.38. The van der Waals surface area contributed by atoms with Gasteiger partial charge in [-0.1, -0.05) is 6.42 Å². The molecule has 0 aliphatic carbocycles. The first-order valence-electron chi connectivity index (χ1n) is 7.67. The highest BCUT2D eigenvalue weighted by molar-refractivity contribution is 5.40. The van der Waals surface area contributed by atoms with Crippen LogP contribution in [0.4, 0.5) is 0 Å². The molecular weight excluding hydrogens is 252 g/mol. The zero-order chi connectivity index (χ0) is 14.1. The largest absolute Gasteiger partial charge is 0.508 e. The van der Waals surface area contributed by atoms with Crippen LogP contribution < -0.4 is 5.32 Å². The topological polar surface area (TPSA) is 55.7 Å². The van der Waals surface area contributed by atoms with Crippen molar-refractivity contribution in [2.24, 2.45) is 0 Å². The zero-order valence-electron chi connectivity index (χ0n) is 12.0. The van der Waals surface area contributed by atoms with Crippen LogP contribution >= 0.6 is 0 Å². The fourth-order valence-corrected chi connectivity index (χ4v) is 3.74. The van der Waals surface area contributed by atoms with Gasteiger partial charge in [-0.05, 0) is 50.9 Å². The minimum absolute atomic E-state index is 0.0500. The first kappa shape index (κ1) is 13.7. The van der Waals surface area contributed by atoms with Crippen LogP contribution in [0.5, 0.6) is 11.5 Å². The van der Waals surface area contributed by atoms with E-state index in [4.69, 9.17) is 0 Å². The first-order valence-corrected chi connectivity index (χ1v) is 7.67. The molecule has 0 bridgehead atoms. The highest BCUT2D eigenvalue weighted by atomic mass is 16.3. The third-order valence-corrected chi connectivity index (χ3v) is 4.80. The molecule has 110 valence electrons. The molecule has 1 aromatic rings. The molecule has 0 spiro atoms. The summed E-state index contributed by atoms with van der Waals surface area (Å²) in [5.74, 6) is 0.457. The molecule has 2 aliphatic heterocycles. The predicted molar refractivity (Wildman–Crippen MR) is 78.9 cm³/mol. The molecule has 3 N–H and O–H groups in total. The van der Waals surface area contributed by atoms with Gasteiger partial charge in [-0.3, -0.25) is 4.90 Å². The number of aromatic hydroxyl groups is 2. The van der Waals surface area contributed by atoms with Crippen molar-refractivity contribution in [3.05, 3.63) is 23.8 Å². The van der Waals surface area contributed by atoms with Crippen LogP contribution in [0.25, 0.3) is 0 Å². The molecule has 2 saturated heterocycles. The summed E-state index contributed by atoms with van der Waals surface area (Å²) < 4.78 is 0. The lowest BCUT2D eigenvalue weighted by Crippen LogP contribution is -2.45. The monoisotopic (exact) mass is 276 g/mol. The number of rotatable bonds is 3. The quantitative estimate of drug-likeness (QED) is 0.742. The molecule has 0 amide bonds. The summed E-state index contributed by atoms with van der Waals surface area (Å²) in [7, 11) is 0. The van der Waals surface area contributed by atoms with Crippen LogP contribution in [0, 0.1) is 0 Å². The fraction of sp³-hybridized carbons (Fsp3) is 0.625. The van der Waals surface area contributed by atoms with Crippen molar-refractivity contribution in [2.75, 3.05) is 13.1 Å². The van der Waals surface area contributed by atoms with Crippen molar-refractivity contribution in [1.29, 1.82) is 0 Å². The number of hydrogen-bond donors (Lipinski definition) is 3. The van der Waals surface area contributed by atoms with Gasteiger partial charge in [0, 0.05) is 30.2 Å². The van der Waals surface area contributed by atoms with Gasteiger partial charge in [-0.15, -0.1) is 0 Å². The second-order valence-corrected chi connectivity index (χ2v) is 6.13. The fourth-order valence-electron chi connectivity index (χ4n) is 3.74. The molecule has 4 nitrogen and oxygen atoms in total. The van der Waals surface area contributed by atoms with Gasteiger partial charge in [0.2, 0.25) is 0 Å². The molecule has 3 atom stereocenters. The van der Waals surface area contributed by atoms with Crippen molar-refractivity contribution in [2.45, 2.75) is 50.7 Å². The summed E-state index contributed by atoms with van der Waals surface area (Å²) in [5.41, 5.74) is 0.777. The zero-order valence-corrected chi connectivity index (χ0v) is 12.0. The molecule has 4 heteroatoms. The Kier molecular flexibility index (Phi) is 3.85. The number of nitrogens with zero attached hydrogens (tertiary/aromatic N) is 1. The van der Waals surface area contributed by atoms with E-state index in [1.807, 2.05) is 0 Å². The summed E-state index contributed by atoms with van der Waals surface area (Å²) in [5, 5.41) is 23.2. The van der Waals surface area contributed by atoms with Crippen LogP contribution in [0.15, 0.2) is 18.2 Å². The lowest BCUT2D eigenvalue weighted by Gasteiger charge is -2.34. The van der Waals surface area contributed by atoms with Gasteiger partial charge in [0.15, 0.2) is 0 Å². The molecule has 1 aromatic carbocycles.